The van der Waals surface area contributed by atoms with Crippen LogP contribution in [-0.4, -0.2) is 56.6 Å². The Hall–Kier alpha value is -2.67. The van der Waals surface area contributed by atoms with Crippen LogP contribution in [0.5, 0.6) is 0 Å². The van der Waals surface area contributed by atoms with Crippen LogP contribution < -0.4 is 9.80 Å². The van der Waals surface area contributed by atoms with Gasteiger partial charge in [0, 0.05) is 11.4 Å². The second kappa shape index (κ2) is 7.92. The molecule has 1 aromatic carbocycles. The van der Waals surface area contributed by atoms with Crippen molar-refractivity contribution in [3.05, 3.63) is 52.6 Å². The number of esters is 1. The first-order chi connectivity index (χ1) is 12.9. The van der Waals surface area contributed by atoms with Gasteiger partial charge < -0.3 is 19.5 Å². The molecule has 1 aromatic heterocycles. The van der Waals surface area contributed by atoms with Gasteiger partial charge in [-0.15, -0.1) is 0 Å². The summed E-state index contributed by atoms with van der Waals surface area (Å²) >= 11 is 0. The highest BCUT2D eigenvalue weighted by atomic mass is 19.1. The average Bonchev–Trinajstić information content (AvgIpc) is 2.97. The molecule has 7 heteroatoms. The van der Waals surface area contributed by atoms with Gasteiger partial charge in [-0.05, 0) is 43.7 Å². The van der Waals surface area contributed by atoms with Crippen molar-refractivity contribution in [2.75, 3.05) is 44.7 Å². The van der Waals surface area contributed by atoms with E-state index in [1.807, 2.05) is 0 Å². The number of aryl methyl sites for hydroxylation is 1. The number of hydrogen-bond donors (Lipinski definition) is 2. The number of methoxy groups -OCH3 is 1. The van der Waals surface area contributed by atoms with Gasteiger partial charge in [0.15, 0.2) is 0 Å². The number of nitrogens with zero attached hydrogens (tertiary/aromatic N) is 1. The number of quaternary nitrogens is 1. The van der Waals surface area contributed by atoms with Gasteiger partial charge in [-0.25, -0.2) is 9.18 Å². The van der Waals surface area contributed by atoms with Crippen LogP contribution in [0.4, 0.5) is 10.1 Å². The van der Waals surface area contributed by atoms with E-state index in [0.29, 0.717) is 29.1 Å². The van der Waals surface area contributed by atoms with Crippen LogP contribution in [0, 0.1) is 19.7 Å². The zero-order chi connectivity index (χ0) is 19.6. The molecular weight excluding hydrogens is 349 g/mol. The first-order valence-electron chi connectivity index (χ1n) is 9.05. The number of rotatable bonds is 5. The standard InChI is InChI=1S/C20H24FN3O3/c1-13-18(20(26)27-3)14(2)22-19(13)17(25)12-23-8-10-24(11-9-23)16-6-4-15(21)5-7-16/h4-7,22H,8-12H2,1-3H3/p+1. The van der Waals surface area contributed by atoms with E-state index in [4.69, 9.17) is 4.74 Å². The predicted octanol–water partition coefficient (Wildman–Crippen LogP) is 1.15. The molecule has 0 atom stereocenters. The number of ether oxygens (including phenoxy) is 1. The summed E-state index contributed by atoms with van der Waals surface area (Å²) in [6, 6.07) is 6.50. The molecular formula is C20H25FN3O3+. The number of nitrogens with one attached hydrogen (secondary N) is 2. The maximum Gasteiger partial charge on any atom is 0.339 e. The number of carbonyl (C=O) groups is 2. The number of hydrogen-bond acceptors (Lipinski definition) is 4. The average molecular weight is 374 g/mol. The molecule has 27 heavy (non-hydrogen) atoms. The highest BCUT2D eigenvalue weighted by Crippen LogP contribution is 2.19. The Morgan fingerprint density at radius 3 is 2.41 bits per heavy atom. The van der Waals surface area contributed by atoms with Gasteiger partial charge >= 0.3 is 5.97 Å². The van der Waals surface area contributed by atoms with Gasteiger partial charge in [0.05, 0.1) is 44.5 Å². The van der Waals surface area contributed by atoms with Gasteiger partial charge in [-0.1, -0.05) is 0 Å². The lowest BCUT2D eigenvalue weighted by Gasteiger charge is -2.33. The van der Waals surface area contributed by atoms with Crippen LogP contribution in [0.25, 0.3) is 0 Å². The van der Waals surface area contributed by atoms with Crippen molar-refractivity contribution in [3.8, 4) is 0 Å². The topological polar surface area (TPSA) is 66.8 Å². The van der Waals surface area contributed by atoms with Gasteiger partial charge in [0.1, 0.15) is 12.4 Å². The van der Waals surface area contributed by atoms with Crippen LogP contribution >= 0.6 is 0 Å². The van der Waals surface area contributed by atoms with E-state index >= 15 is 0 Å². The Morgan fingerprint density at radius 1 is 1.19 bits per heavy atom. The first kappa shape index (κ1) is 19.1. The van der Waals surface area contributed by atoms with Crippen molar-refractivity contribution in [2.24, 2.45) is 0 Å². The van der Waals surface area contributed by atoms with Crippen molar-refractivity contribution < 1.29 is 23.6 Å². The van der Waals surface area contributed by atoms with Crippen molar-refractivity contribution in [2.45, 2.75) is 13.8 Å². The van der Waals surface area contributed by atoms with Crippen molar-refractivity contribution in [1.82, 2.24) is 4.98 Å². The number of Topliss-reactive ketones (excluding diaryl/α,β-unsaturated/α-hetero) is 1. The van der Waals surface area contributed by atoms with Gasteiger partial charge in [-0.3, -0.25) is 4.79 Å². The lowest BCUT2D eigenvalue weighted by atomic mass is 10.1. The minimum atomic E-state index is -0.430. The van der Waals surface area contributed by atoms with E-state index in [1.54, 1.807) is 26.0 Å². The van der Waals surface area contributed by atoms with Gasteiger partial charge in [0.2, 0.25) is 5.78 Å². The summed E-state index contributed by atoms with van der Waals surface area (Å²) in [7, 11) is 1.33. The van der Waals surface area contributed by atoms with Crippen molar-refractivity contribution in [1.29, 1.82) is 0 Å². The molecule has 2 heterocycles. The zero-order valence-corrected chi connectivity index (χ0v) is 15.9. The summed E-state index contributed by atoms with van der Waals surface area (Å²) in [6.45, 7) is 7.18. The molecule has 6 nitrogen and oxygen atoms in total. The number of aromatic amines is 1. The summed E-state index contributed by atoms with van der Waals surface area (Å²) in [5, 5.41) is 0. The molecule has 0 unspecified atom stereocenters. The molecule has 0 spiro atoms. The van der Waals surface area contributed by atoms with E-state index in [9.17, 15) is 14.0 Å². The minimum Gasteiger partial charge on any atom is -0.465 e. The third-order valence-electron chi connectivity index (χ3n) is 5.18. The van der Waals surface area contributed by atoms with Crippen LogP contribution in [-0.2, 0) is 4.74 Å². The fourth-order valence-electron chi connectivity index (χ4n) is 3.66. The fraction of sp³-hybridized carbons (Fsp3) is 0.400. The Labute approximate surface area is 157 Å². The largest absolute Gasteiger partial charge is 0.465 e. The van der Waals surface area contributed by atoms with Gasteiger partial charge in [-0.2, -0.15) is 0 Å². The highest BCUT2D eigenvalue weighted by Gasteiger charge is 2.27. The maximum atomic E-state index is 13.1. The number of benzene rings is 1. The van der Waals surface area contributed by atoms with Crippen LogP contribution in [0.15, 0.2) is 24.3 Å². The number of ketones is 1. The summed E-state index contributed by atoms with van der Waals surface area (Å²) in [5.41, 5.74) is 3.23. The van der Waals surface area contributed by atoms with E-state index in [1.165, 1.54) is 24.1 Å². The molecule has 2 aromatic rings. The SMILES string of the molecule is COC(=O)c1c(C)[nH]c(C(=O)C[NH+]2CCN(c3ccc(F)cc3)CC2)c1C. The Bertz CT molecular complexity index is 837. The lowest BCUT2D eigenvalue weighted by molar-refractivity contribution is -0.892. The summed E-state index contributed by atoms with van der Waals surface area (Å²) in [4.78, 5) is 31.1. The molecule has 0 radical (unpaired) electrons. The molecule has 1 aliphatic heterocycles. The number of anilines is 1. The maximum absolute atomic E-state index is 13.1. The molecule has 1 aliphatic rings. The van der Waals surface area contributed by atoms with E-state index in [0.717, 1.165) is 31.9 Å². The summed E-state index contributed by atoms with van der Waals surface area (Å²) in [5.74, 6) is -0.673. The third-order valence-corrected chi connectivity index (χ3v) is 5.18. The molecule has 2 N–H and O–H groups in total. The van der Waals surface area contributed by atoms with Crippen LogP contribution in [0.1, 0.15) is 32.1 Å². The van der Waals surface area contributed by atoms with E-state index in [-0.39, 0.29) is 11.6 Å². The quantitative estimate of drug-likeness (QED) is 0.609. The number of H-pyrrole nitrogens is 1. The Morgan fingerprint density at radius 2 is 1.81 bits per heavy atom. The molecule has 0 saturated carbocycles. The summed E-state index contributed by atoms with van der Waals surface area (Å²) in [6.07, 6.45) is 0. The molecule has 3 rings (SSSR count). The Kier molecular flexibility index (Phi) is 5.60. The number of halogens is 1. The number of aromatic nitrogens is 1. The molecule has 0 bridgehead atoms. The third kappa shape index (κ3) is 4.03. The number of piperazine rings is 1. The normalized spacial score (nSPS) is 15.0. The van der Waals surface area contributed by atoms with E-state index in [2.05, 4.69) is 9.88 Å². The lowest BCUT2D eigenvalue weighted by Crippen LogP contribution is -3.15. The van der Waals surface area contributed by atoms with Crippen molar-refractivity contribution >= 4 is 17.4 Å². The molecule has 1 fully saturated rings. The van der Waals surface area contributed by atoms with E-state index < -0.39 is 5.97 Å². The minimum absolute atomic E-state index is 0.00372. The van der Waals surface area contributed by atoms with Crippen LogP contribution in [0.3, 0.4) is 0 Å². The molecule has 0 amide bonds. The first-order valence-corrected chi connectivity index (χ1v) is 9.05. The second-order valence-electron chi connectivity index (χ2n) is 6.93. The zero-order valence-electron chi connectivity index (χ0n) is 15.9. The molecule has 0 aliphatic carbocycles. The van der Waals surface area contributed by atoms with Crippen LogP contribution in [0.2, 0.25) is 0 Å². The monoisotopic (exact) mass is 374 g/mol. The fourth-order valence-corrected chi connectivity index (χ4v) is 3.66. The van der Waals surface area contributed by atoms with Crippen molar-refractivity contribution in [3.63, 3.8) is 0 Å². The van der Waals surface area contributed by atoms with Gasteiger partial charge in [0.25, 0.3) is 0 Å². The predicted molar refractivity (Wildman–Crippen MR) is 100 cm³/mol. The smallest absolute Gasteiger partial charge is 0.339 e. The highest BCUT2D eigenvalue weighted by molar-refractivity contribution is 6.01. The number of carbonyl (C=O) groups excluding carboxylic acids is 2. The molecule has 144 valence electrons. The Balaban J connectivity index is 1.61. The summed E-state index contributed by atoms with van der Waals surface area (Å²) < 4.78 is 17.9. The molecule has 1 saturated heterocycles. The second-order valence-corrected chi connectivity index (χ2v) is 6.93.